The van der Waals surface area contributed by atoms with Gasteiger partial charge in [0.1, 0.15) is 0 Å². The topological polar surface area (TPSA) is 30.7 Å². The average Bonchev–Trinajstić information content (AvgIpc) is 2.81. The molecule has 1 aliphatic rings. The van der Waals surface area contributed by atoms with Gasteiger partial charge in [-0.05, 0) is 37.0 Å². The minimum absolute atomic E-state index is 0. The lowest BCUT2D eigenvalue weighted by atomic mass is 9.89. The first-order chi connectivity index (χ1) is 9.25. The third-order valence-corrected chi connectivity index (χ3v) is 4.21. The second-order valence-corrected chi connectivity index (χ2v) is 5.21. The Balaban J connectivity index is 0.00000121. The second kappa shape index (κ2) is 4.60. The monoisotopic (exact) mass is 285 g/mol. The number of aryl methyl sites for hydroxylation is 2. The van der Waals surface area contributed by atoms with Crippen molar-refractivity contribution in [3.8, 4) is 11.3 Å². The summed E-state index contributed by atoms with van der Waals surface area (Å²) in [5.74, 6) is 0. The summed E-state index contributed by atoms with van der Waals surface area (Å²) in [6.45, 7) is 2.21. The highest BCUT2D eigenvalue weighted by atomic mass is 35.5. The number of pyridine rings is 1. The summed E-state index contributed by atoms with van der Waals surface area (Å²) in [6, 6.07) is 8.39. The lowest BCUT2D eigenvalue weighted by molar-refractivity contribution is 0.699. The molecule has 0 unspecified atom stereocenters. The Bertz CT molecular complexity index is 805. The maximum atomic E-state index is 4.88. The van der Waals surface area contributed by atoms with E-state index in [9.17, 15) is 0 Å². The molecule has 0 spiro atoms. The van der Waals surface area contributed by atoms with Crippen molar-refractivity contribution in [2.45, 2.75) is 19.8 Å². The Morgan fingerprint density at radius 2 is 1.95 bits per heavy atom. The number of hydrogen-bond acceptors (Lipinski definition) is 2. The van der Waals surface area contributed by atoms with E-state index in [0.29, 0.717) is 0 Å². The molecule has 0 saturated heterocycles. The van der Waals surface area contributed by atoms with Crippen LogP contribution in [0, 0.1) is 6.92 Å². The minimum atomic E-state index is 0. The summed E-state index contributed by atoms with van der Waals surface area (Å²) in [5.41, 5.74) is 7.47. The fraction of sp³-hybridized carbons (Fsp3) is 0.250. The SMILES string of the molecule is Cc1c2c(nc3ccccc13)-c1cnn(C)c1CC2.Cl. The zero-order chi connectivity index (χ0) is 13.0. The normalized spacial score (nSPS) is 12.7. The Morgan fingerprint density at radius 1 is 1.15 bits per heavy atom. The van der Waals surface area contributed by atoms with Crippen LogP contribution in [0.3, 0.4) is 0 Å². The molecule has 0 bridgehead atoms. The van der Waals surface area contributed by atoms with Crippen molar-refractivity contribution < 1.29 is 0 Å². The molecule has 4 rings (SSSR count). The molecule has 0 N–H and O–H groups in total. The first kappa shape index (κ1) is 13.1. The number of benzene rings is 1. The van der Waals surface area contributed by atoms with Crippen molar-refractivity contribution in [1.29, 1.82) is 0 Å². The van der Waals surface area contributed by atoms with Gasteiger partial charge in [0, 0.05) is 23.7 Å². The number of nitrogens with zero attached hydrogens (tertiary/aromatic N) is 3. The molecule has 2 heterocycles. The summed E-state index contributed by atoms with van der Waals surface area (Å²) in [4.78, 5) is 4.88. The first-order valence-corrected chi connectivity index (χ1v) is 6.65. The molecule has 2 aromatic heterocycles. The molecular weight excluding hydrogens is 270 g/mol. The molecule has 0 amide bonds. The number of halogens is 1. The molecule has 0 fully saturated rings. The Kier molecular flexibility index (Phi) is 3.02. The average molecular weight is 286 g/mol. The van der Waals surface area contributed by atoms with E-state index in [1.807, 2.05) is 24.0 Å². The van der Waals surface area contributed by atoms with Crippen LogP contribution in [0.1, 0.15) is 16.8 Å². The number of rotatable bonds is 0. The predicted molar refractivity (Wildman–Crippen MR) is 83.3 cm³/mol. The van der Waals surface area contributed by atoms with E-state index in [0.717, 1.165) is 24.1 Å². The van der Waals surface area contributed by atoms with Crippen LogP contribution in [0.2, 0.25) is 0 Å². The summed E-state index contributed by atoms with van der Waals surface area (Å²) >= 11 is 0. The van der Waals surface area contributed by atoms with E-state index in [4.69, 9.17) is 4.98 Å². The van der Waals surface area contributed by atoms with Crippen LogP contribution in [0.4, 0.5) is 0 Å². The van der Waals surface area contributed by atoms with Gasteiger partial charge < -0.3 is 0 Å². The molecule has 0 atom stereocenters. The summed E-state index contributed by atoms with van der Waals surface area (Å²) in [6.07, 6.45) is 4.07. The van der Waals surface area contributed by atoms with Gasteiger partial charge in [-0.25, -0.2) is 4.98 Å². The first-order valence-electron chi connectivity index (χ1n) is 6.65. The van der Waals surface area contributed by atoms with E-state index in [1.165, 1.54) is 27.8 Å². The Morgan fingerprint density at radius 3 is 2.80 bits per heavy atom. The zero-order valence-electron chi connectivity index (χ0n) is 11.6. The highest BCUT2D eigenvalue weighted by Crippen LogP contribution is 2.35. The lowest BCUT2D eigenvalue weighted by Gasteiger charge is -2.19. The van der Waals surface area contributed by atoms with Gasteiger partial charge >= 0.3 is 0 Å². The van der Waals surface area contributed by atoms with Gasteiger partial charge in [-0.3, -0.25) is 4.68 Å². The van der Waals surface area contributed by atoms with Crippen molar-refractivity contribution in [3.63, 3.8) is 0 Å². The molecular formula is C16H16ClN3. The molecule has 0 aliphatic heterocycles. The third kappa shape index (κ3) is 1.66. The summed E-state index contributed by atoms with van der Waals surface area (Å²) in [5, 5.41) is 5.66. The van der Waals surface area contributed by atoms with Gasteiger partial charge in [-0.2, -0.15) is 5.10 Å². The second-order valence-electron chi connectivity index (χ2n) is 5.21. The Hall–Kier alpha value is -1.87. The largest absolute Gasteiger partial charge is 0.272 e. The van der Waals surface area contributed by atoms with E-state index < -0.39 is 0 Å². The van der Waals surface area contributed by atoms with Gasteiger partial charge in [-0.15, -0.1) is 12.4 Å². The van der Waals surface area contributed by atoms with Crippen LogP contribution in [0.15, 0.2) is 30.5 Å². The van der Waals surface area contributed by atoms with Gasteiger partial charge in [-0.1, -0.05) is 18.2 Å². The molecule has 0 saturated carbocycles. The summed E-state index contributed by atoms with van der Waals surface area (Å²) in [7, 11) is 2.01. The maximum Gasteiger partial charge on any atom is 0.0778 e. The molecule has 1 aliphatic carbocycles. The van der Waals surface area contributed by atoms with Gasteiger partial charge in [0.15, 0.2) is 0 Å². The fourth-order valence-electron chi connectivity index (χ4n) is 3.15. The van der Waals surface area contributed by atoms with Crippen LogP contribution in [-0.4, -0.2) is 14.8 Å². The van der Waals surface area contributed by atoms with Crippen LogP contribution in [0.25, 0.3) is 22.2 Å². The highest BCUT2D eigenvalue weighted by molar-refractivity contribution is 5.87. The standard InChI is InChI=1S/C16H15N3.ClH/c1-10-11-5-3-4-6-14(11)18-16-12(10)7-8-15-13(16)9-17-19(15)2;/h3-6,9H,7-8H2,1-2H3;1H. The predicted octanol–water partition coefficient (Wildman–Crippen LogP) is 3.46. The molecule has 0 radical (unpaired) electrons. The number of aromatic nitrogens is 3. The fourth-order valence-corrected chi connectivity index (χ4v) is 3.15. The van der Waals surface area contributed by atoms with Crippen LogP contribution < -0.4 is 0 Å². The van der Waals surface area contributed by atoms with E-state index in [-0.39, 0.29) is 12.4 Å². The van der Waals surface area contributed by atoms with Crippen molar-refractivity contribution >= 4 is 23.3 Å². The van der Waals surface area contributed by atoms with Gasteiger partial charge in [0.2, 0.25) is 0 Å². The molecule has 3 aromatic rings. The van der Waals surface area contributed by atoms with E-state index in [1.54, 1.807) is 0 Å². The molecule has 3 nitrogen and oxygen atoms in total. The smallest absolute Gasteiger partial charge is 0.0778 e. The van der Waals surface area contributed by atoms with Crippen LogP contribution in [-0.2, 0) is 19.9 Å². The maximum absolute atomic E-state index is 4.88. The molecule has 1 aromatic carbocycles. The van der Waals surface area contributed by atoms with E-state index >= 15 is 0 Å². The molecule has 102 valence electrons. The molecule has 20 heavy (non-hydrogen) atoms. The third-order valence-electron chi connectivity index (χ3n) is 4.21. The quantitative estimate of drug-likeness (QED) is 0.633. The van der Waals surface area contributed by atoms with E-state index in [2.05, 4.69) is 30.2 Å². The minimum Gasteiger partial charge on any atom is -0.272 e. The highest BCUT2D eigenvalue weighted by Gasteiger charge is 2.23. The summed E-state index contributed by atoms with van der Waals surface area (Å²) < 4.78 is 1.98. The Labute approximate surface area is 124 Å². The van der Waals surface area contributed by atoms with Crippen molar-refractivity contribution in [2.75, 3.05) is 0 Å². The van der Waals surface area contributed by atoms with Crippen molar-refractivity contribution in [1.82, 2.24) is 14.8 Å². The van der Waals surface area contributed by atoms with Crippen molar-refractivity contribution in [3.05, 3.63) is 47.3 Å². The number of para-hydroxylation sites is 1. The van der Waals surface area contributed by atoms with Crippen LogP contribution in [0.5, 0.6) is 0 Å². The van der Waals surface area contributed by atoms with Crippen molar-refractivity contribution in [2.24, 2.45) is 7.05 Å². The number of hydrogen-bond donors (Lipinski definition) is 0. The zero-order valence-corrected chi connectivity index (χ0v) is 12.4. The number of fused-ring (bicyclic) bond motifs is 4. The van der Waals surface area contributed by atoms with Crippen LogP contribution >= 0.6 is 12.4 Å². The van der Waals surface area contributed by atoms with Gasteiger partial charge in [0.25, 0.3) is 0 Å². The lowest BCUT2D eigenvalue weighted by Crippen LogP contribution is -2.10. The van der Waals surface area contributed by atoms with Gasteiger partial charge in [0.05, 0.1) is 17.4 Å². The molecule has 4 heteroatoms.